The number of ether oxygens (including phenoxy) is 1. The Balaban J connectivity index is 1.18. The van der Waals surface area contributed by atoms with E-state index in [1.807, 2.05) is 48.0 Å². The fourth-order valence-corrected chi connectivity index (χ4v) is 5.78. The molecule has 0 spiro atoms. The number of nitrogens with one attached hydrogen (secondary N) is 1. The Morgan fingerprint density at radius 1 is 1.11 bits per heavy atom. The van der Waals surface area contributed by atoms with E-state index < -0.39 is 11.4 Å². The highest BCUT2D eigenvalue weighted by molar-refractivity contribution is 7.09. The molecule has 1 fully saturated rings. The number of morpholine rings is 1. The predicted molar refractivity (Wildman–Crippen MR) is 137 cm³/mol. The molecule has 2 N–H and O–H groups in total. The van der Waals surface area contributed by atoms with Crippen molar-refractivity contribution >= 4 is 23.2 Å². The lowest BCUT2D eigenvalue weighted by molar-refractivity contribution is -0.145. The number of nitrogens with zero attached hydrogens (tertiary/aromatic N) is 3. The van der Waals surface area contributed by atoms with Gasteiger partial charge in [-0.25, -0.2) is 4.98 Å². The molecule has 36 heavy (non-hydrogen) atoms. The summed E-state index contributed by atoms with van der Waals surface area (Å²) in [5.74, 6) is -1.19. The molecule has 3 aromatic rings. The second-order valence-corrected chi connectivity index (χ2v) is 10.5. The van der Waals surface area contributed by atoms with Crippen molar-refractivity contribution in [2.24, 2.45) is 5.41 Å². The highest BCUT2D eigenvalue weighted by Gasteiger charge is 2.45. The van der Waals surface area contributed by atoms with Gasteiger partial charge in [0.25, 0.3) is 0 Å². The number of benzene rings is 1. The van der Waals surface area contributed by atoms with Crippen molar-refractivity contribution in [3.8, 4) is 11.3 Å². The van der Waals surface area contributed by atoms with Gasteiger partial charge in [-0.3, -0.25) is 19.5 Å². The molecule has 0 atom stereocenters. The highest BCUT2D eigenvalue weighted by Crippen LogP contribution is 2.40. The van der Waals surface area contributed by atoms with Crippen LogP contribution in [0.1, 0.15) is 28.2 Å². The Kier molecular flexibility index (Phi) is 7.41. The Bertz CT molecular complexity index is 1200. The first-order chi connectivity index (χ1) is 17.5. The van der Waals surface area contributed by atoms with Gasteiger partial charge in [-0.1, -0.05) is 24.3 Å². The number of carbonyl (C=O) groups excluding carboxylic acids is 1. The van der Waals surface area contributed by atoms with Gasteiger partial charge >= 0.3 is 5.97 Å². The van der Waals surface area contributed by atoms with Crippen LogP contribution in [0, 0.1) is 5.41 Å². The summed E-state index contributed by atoms with van der Waals surface area (Å²) in [6.45, 7) is 4.79. The van der Waals surface area contributed by atoms with Crippen molar-refractivity contribution in [2.45, 2.75) is 32.2 Å². The third-order valence-corrected chi connectivity index (χ3v) is 7.86. The number of thiazole rings is 1. The first-order valence-electron chi connectivity index (χ1n) is 12.3. The molecule has 1 aliphatic carbocycles. The Morgan fingerprint density at radius 3 is 2.53 bits per heavy atom. The van der Waals surface area contributed by atoms with E-state index in [9.17, 15) is 14.7 Å². The van der Waals surface area contributed by atoms with Crippen LogP contribution >= 0.6 is 11.3 Å². The van der Waals surface area contributed by atoms with Crippen LogP contribution in [0.3, 0.4) is 0 Å². The fourth-order valence-electron chi connectivity index (χ4n) is 5.04. The van der Waals surface area contributed by atoms with E-state index in [-0.39, 0.29) is 18.9 Å². The molecule has 1 aromatic carbocycles. The average Bonchev–Trinajstić information content (AvgIpc) is 3.52. The number of carboxylic acid groups (broad SMARTS) is 1. The molecule has 2 aromatic heterocycles. The summed E-state index contributed by atoms with van der Waals surface area (Å²) in [5.41, 5.74) is 3.95. The summed E-state index contributed by atoms with van der Waals surface area (Å²) in [7, 11) is 0. The van der Waals surface area contributed by atoms with Crippen LogP contribution in [0.5, 0.6) is 0 Å². The van der Waals surface area contributed by atoms with Gasteiger partial charge in [0.05, 0.1) is 37.3 Å². The van der Waals surface area contributed by atoms with Crippen molar-refractivity contribution < 1.29 is 19.4 Å². The average molecular weight is 507 g/mol. The smallest absolute Gasteiger partial charge is 0.304 e. The summed E-state index contributed by atoms with van der Waals surface area (Å²) in [5, 5.41) is 15.2. The third-order valence-electron chi connectivity index (χ3n) is 7.01. The molecule has 1 saturated heterocycles. The van der Waals surface area contributed by atoms with Gasteiger partial charge in [0, 0.05) is 48.9 Å². The zero-order valence-corrected chi connectivity index (χ0v) is 20.9. The second kappa shape index (κ2) is 10.9. The zero-order chi connectivity index (χ0) is 25.0. The monoisotopic (exact) mass is 506 g/mol. The van der Waals surface area contributed by atoms with E-state index in [4.69, 9.17) is 4.74 Å². The maximum atomic E-state index is 13.2. The summed E-state index contributed by atoms with van der Waals surface area (Å²) < 4.78 is 5.40. The number of amides is 1. The molecular weight excluding hydrogens is 476 g/mol. The quantitative estimate of drug-likeness (QED) is 0.460. The summed E-state index contributed by atoms with van der Waals surface area (Å²) >= 11 is 1.47. The molecule has 5 rings (SSSR count). The number of aromatic nitrogens is 2. The van der Waals surface area contributed by atoms with Crippen LogP contribution in [0.2, 0.25) is 0 Å². The Labute approximate surface area is 214 Å². The van der Waals surface area contributed by atoms with Crippen LogP contribution in [0.4, 0.5) is 0 Å². The number of aliphatic carboxylic acids is 1. The van der Waals surface area contributed by atoms with Gasteiger partial charge in [-0.2, -0.15) is 0 Å². The first-order valence-corrected chi connectivity index (χ1v) is 13.2. The van der Waals surface area contributed by atoms with Crippen LogP contribution < -0.4 is 5.32 Å². The molecule has 8 nitrogen and oxygen atoms in total. The van der Waals surface area contributed by atoms with Crippen LogP contribution in [-0.4, -0.2) is 64.7 Å². The number of pyridine rings is 1. The van der Waals surface area contributed by atoms with Crippen LogP contribution in [0.25, 0.3) is 11.3 Å². The maximum absolute atomic E-state index is 13.2. The number of hydrogen-bond donors (Lipinski definition) is 2. The minimum Gasteiger partial charge on any atom is -0.481 e. The molecule has 0 bridgehead atoms. The van der Waals surface area contributed by atoms with Crippen LogP contribution in [0.15, 0.2) is 48.0 Å². The molecule has 188 valence electrons. The van der Waals surface area contributed by atoms with Gasteiger partial charge in [0.2, 0.25) is 5.91 Å². The van der Waals surface area contributed by atoms with Crippen molar-refractivity contribution in [3.05, 3.63) is 69.8 Å². The number of carboxylic acids is 1. The second-order valence-electron chi connectivity index (χ2n) is 9.52. The molecule has 1 amide bonds. The van der Waals surface area contributed by atoms with Crippen molar-refractivity contribution in [1.29, 1.82) is 0 Å². The lowest BCUT2D eigenvalue weighted by Gasteiger charge is -2.26. The Morgan fingerprint density at radius 2 is 1.86 bits per heavy atom. The molecule has 9 heteroatoms. The largest absolute Gasteiger partial charge is 0.481 e. The molecule has 0 radical (unpaired) electrons. The van der Waals surface area contributed by atoms with Gasteiger partial charge in [0.1, 0.15) is 5.01 Å². The lowest BCUT2D eigenvalue weighted by atomic mass is 9.80. The van der Waals surface area contributed by atoms with E-state index in [0.29, 0.717) is 12.8 Å². The zero-order valence-electron chi connectivity index (χ0n) is 20.1. The molecule has 0 saturated carbocycles. The van der Waals surface area contributed by atoms with Gasteiger partial charge < -0.3 is 15.2 Å². The number of fused-ring (bicyclic) bond motifs is 1. The third kappa shape index (κ3) is 5.64. The van der Waals surface area contributed by atoms with E-state index >= 15 is 0 Å². The van der Waals surface area contributed by atoms with E-state index in [1.54, 1.807) is 0 Å². The molecule has 0 unspecified atom stereocenters. The SMILES string of the molecule is O=C(O)CC1(C(=O)NCc2nc(-c3ccc(CCN4CCOCC4)nc3)cs2)Cc2ccccc2C1. The summed E-state index contributed by atoms with van der Waals surface area (Å²) in [4.78, 5) is 36.5. The Hall–Kier alpha value is -3.14. The molecule has 3 heterocycles. The fraction of sp³-hybridized carbons (Fsp3) is 0.407. The normalized spacial score (nSPS) is 17.0. The van der Waals surface area contributed by atoms with E-state index in [2.05, 4.69) is 20.2 Å². The standard InChI is InChI=1S/C27H30N4O4S/c32-25(33)15-27(13-19-3-1-2-4-20(19)14-27)26(34)29-17-24-30-23(18-36-24)21-5-6-22(28-16-21)7-8-31-9-11-35-12-10-31/h1-6,16,18H,7-15,17H2,(H,29,34)(H,32,33). The van der Waals surface area contributed by atoms with Crippen molar-refractivity contribution in [1.82, 2.24) is 20.2 Å². The van der Waals surface area contributed by atoms with Gasteiger partial charge in [-0.15, -0.1) is 11.3 Å². The molecule has 2 aliphatic rings. The van der Waals surface area contributed by atoms with Gasteiger partial charge in [-0.05, 0) is 36.1 Å². The number of hydrogen-bond acceptors (Lipinski definition) is 7. The van der Waals surface area contributed by atoms with E-state index in [1.165, 1.54) is 11.3 Å². The van der Waals surface area contributed by atoms with Crippen molar-refractivity contribution in [2.75, 3.05) is 32.8 Å². The topological polar surface area (TPSA) is 105 Å². The lowest BCUT2D eigenvalue weighted by Crippen LogP contribution is -2.43. The number of rotatable bonds is 9. The van der Waals surface area contributed by atoms with Crippen molar-refractivity contribution in [3.63, 3.8) is 0 Å². The van der Waals surface area contributed by atoms with Crippen LogP contribution in [-0.2, 0) is 40.1 Å². The summed E-state index contributed by atoms with van der Waals surface area (Å²) in [6, 6.07) is 11.9. The first kappa shape index (κ1) is 24.5. The molecule has 1 aliphatic heterocycles. The minimum atomic E-state index is -0.963. The predicted octanol–water partition coefficient (Wildman–Crippen LogP) is 2.96. The summed E-state index contributed by atoms with van der Waals surface area (Å²) in [6.07, 6.45) is 3.43. The van der Waals surface area contributed by atoms with Gasteiger partial charge in [0.15, 0.2) is 0 Å². The molecular formula is C27H30N4O4S. The minimum absolute atomic E-state index is 0.194. The van der Waals surface area contributed by atoms with E-state index in [0.717, 1.165) is 72.4 Å². The maximum Gasteiger partial charge on any atom is 0.304 e. The highest BCUT2D eigenvalue weighted by atomic mass is 32.1. The number of carbonyl (C=O) groups is 2.